The first-order valence-electron chi connectivity index (χ1n) is 18.9. The molecule has 0 bridgehead atoms. The predicted molar refractivity (Wildman–Crippen MR) is 231 cm³/mol. The molecule has 2 nitrogen and oxygen atoms in total. The van der Waals surface area contributed by atoms with E-state index in [1.54, 1.807) is 0 Å². The minimum absolute atomic E-state index is 0.302. The van der Waals surface area contributed by atoms with Gasteiger partial charge >= 0.3 is 0 Å². The molecule has 1 heterocycles. The number of hydrogen-bond acceptors (Lipinski definition) is 2. The van der Waals surface area contributed by atoms with Gasteiger partial charge in [0.2, 0.25) is 0 Å². The Balaban J connectivity index is 1.18. The standard InChI is InChI=1S/C52H40N2/c1-35-33-36(27-30-47(35)53(38-17-7-4-8-18-38)39-19-9-5-10-20-39)37-28-31-48-46(34-37)52(2,3)51-49(54(48)40-21-11-6-12-22-40)32-29-45-43-25-14-13-23-41(43)42-24-15-16-26-44(42)50(45)51/h4-34H,1-3H3. The molecule has 54 heavy (non-hydrogen) atoms. The van der Waals surface area contributed by atoms with Crippen LogP contribution in [0.3, 0.4) is 0 Å². The normalized spacial score (nSPS) is 13.2. The Morgan fingerprint density at radius 2 is 0.926 bits per heavy atom. The van der Waals surface area contributed by atoms with Crippen LogP contribution in [-0.4, -0.2) is 0 Å². The zero-order valence-electron chi connectivity index (χ0n) is 30.8. The molecule has 258 valence electrons. The van der Waals surface area contributed by atoms with Crippen LogP contribution in [0.4, 0.5) is 34.1 Å². The summed E-state index contributed by atoms with van der Waals surface area (Å²) in [5, 5.41) is 7.84. The van der Waals surface area contributed by atoms with Crippen LogP contribution < -0.4 is 9.80 Å². The summed E-state index contributed by atoms with van der Waals surface area (Å²) in [7, 11) is 0. The Morgan fingerprint density at radius 1 is 0.444 bits per heavy atom. The molecular weight excluding hydrogens is 653 g/mol. The van der Waals surface area contributed by atoms with Crippen LogP contribution in [0.5, 0.6) is 0 Å². The first-order valence-corrected chi connectivity index (χ1v) is 18.9. The van der Waals surface area contributed by atoms with Gasteiger partial charge in [0.25, 0.3) is 0 Å². The summed E-state index contributed by atoms with van der Waals surface area (Å²) in [6.07, 6.45) is 0. The monoisotopic (exact) mass is 692 g/mol. The molecule has 1 aliphatic rings. The average Bonchev–Trinajstić information content (AvgIpc) is 3.22. The van der Waals surface area contributed by atoms with E-state index in [1.807, 2.05) is 0 Å². The van der Waals surface area contributed by atoms with Gasteiger partial charge in [-0.05, 0) is 134 Å². The number of benzene rings is 9. The molecule has 1 aliphatic heterocycles. The number of aryl methyl sites for hydroxylation is 1. The number of anilines is 6. The summed E-state index contributed by atoms with van der Waals surface area (Å²) in [4.78, 5) is 4.83. The van der Waals surface area contributed by atoms with E-state index in [0.717, 1.165) is 17.1 Å². The largest absolute Gasteiger partial charge is 0.310 e. The van der Waals surface area contributed by atoms with Crippen LogP contribution in [-0.2, 0) is 5.41 Å². The van der Waals surface area contributed by atoms with Crippen LogP contribution in [0.2, 0.25) is 0 Å². The highest BCUT2D eigenvalue weighted by Crippen LogP contribution is 2.56. The maximum atomic E-state index is 2.48. The number of fused-ring (bicyclic) bond motifs is 9. The van der Waals surface area contributed by atoms with E-state index in [9.17, 15) is 0 Å². The molecule has 9 aromatic rings. The summed E-state index contributed by atoms with van der Waals surface area (Å²) < 4.78 is 0. The van der Waals surface area contributed by atoms with E-state index in [1.165, 1.54) is 77.2 Å². The number of hydrogen-bond donors (Lipinski definition) is 0. The second-order valence-electron chi connectivity index (χ2n) is 15.0. The fraction of sp³-hybridized carbons (Fsp3) is 0.0769. The lowest BCUT2D eigenvalue weighted by atomic mass is 9.70. The molecular formula is C52H40N2. The molecule has 9 aromatic carbocycles. The highest BCUT2D eigenvalue weighted by Gasteiger charge is 2.39. The Morgan fingerprint density at radius 3 is 1.54 bits per heavy atom. The van der Waals surface area contributed by atoms with Crippen LogP contribution >= 0.6 is 0 Å². The molecule has 0 N–H and O–H groups in total. The molecule has 0 spiro atoms. The molecule has 0 amide bonds. The maximum absolute atomic E-state index is 2.48. The van der Waals surface area contributed by atoms with Crippen molar-refractivity contribution in [2.24, 2.45) is 0 Å². The molecule has 0 fully saturated rings. The molecule has 0 atom stereocenters. The Hall–Kier alpha value is -6.64. The van der Waals surface area contributed by atoms with Gasteiger partial charge in [-0.15, -0.1) is 0 Å². The average molecular weight is 693 g/mol. The van der Waals surface area contributed by atoms with Crippen molar-refractivity contribution >= 4 is 66.4 Å². The predicted octanol–water partition coefficient (Wildman–Crippen LogP) is 14.7. The van der Waals surface area contributed by atoms with Crippen molar-refractivity contribution in [1.29, 1.82) is 0 Å². The van der Waals surface area contributed by atoms with Gasteiger partial charge in [0.05, 0.1) is 11.4 Å². The second kappa shape index (κ2) is 12.5. The van der Waals surface area contributed by atoms with Gasteiger partial charge in [0.15, 0.2) is 0 Å². The zero-order valence-corrected chi connectivity index (χ0v) is 30.8. The van der Waals surface area contributed by atoms with E-state index >= 15 is 0 Å². The van der Waals surface area contributed by atoms with E-state index < -0.39 is 0 Å². The van der Waals surface area contributed by atoms with E-state index in [2.05, 4.69) is 219 Å². The lowest BCUT2D eigenvalue weighted by Gasteiger charge is -2.43. The summed E-state index contributed by atoms with van der Waals surface area (Å²) in [6, 6.07) is 68.7. The Bertz CT molecular complexity index is 2780. The topological polar surface area (TPSA) is 6.48 Å². The molecule has 0 aromatic heterocycles. The number of para-hydroxylation sites is 3. The molecule has 0 aliphatic carbocycles. The third kappa shape index (κ3) is 4.94. The van der Waals surface area contributed by atoms with Gasteiger partial charge in [-0.25, -0.2) is 0 Å². The van der Waals surface area contributed by atoms with Gasteiger partial charge in [-0.2, -0.15) is 0 Å². The second-order valence-corrected chi connectivity index (χ2v) is 15.0. The maximum Gasteiger partial charge on any atom is 0.0509 e. The van der Waals surface area contributed by atoms with Crippen molar-refractivity contribution < 1.29 is 0 Å². The van der Waals surface area contributed by atoms with Crippen molar-refractivity contribution in [3.05, 3.63) is 205 Å². The number of rotatable bonds is 5. The minimum Gasteiger partial charge on any atom is -0.310 e. The summed E-state index contributed by atoms with van der Waals surface area (Å²) in [5.41, 5.74) is 13.1. The Labute approximate surface area is 317 Å². The van der Waals surface area contributed by atoms with Crippen LogP contribution in [0.25, 0.3) is 43.4 Å². The van der Waals surface area contributed by atoms with Crippen molar-refractivity contribution in [2.45, 2.75) is 26.2 Å². The fourth-order valence-corrected chi connectivity index (χ4v) is 9.00. The first-order chi connectivity index (χ1) is 26.5. The van der Waals surface area contributed by atoms with Gasteiger partial charge in [-0.1, -0.05) is 135 Å². The molecule has 0 saturated heterocycles. The highest BCUT2D eigenvalue weighted by molar-refractivity contribution is 6.27. The third-order valence-electron chi connectivity index (χ3n) is 11.5. The fourth-order valence-electron chi connectivity index (χ4n) is 9.00. The Kier molecular flexibility index (Phi) is 7.42. The zero-order chi connectivity index (χ0) is 36.4. The van der Waals surface area contributed by atoms with Crippen molar-refractivity contribution in [2.75, 3.05) is 9.80 Å². The lowest BCUT2D eigenvalue weighted by Crippen LogP contribution is -2.31. The van der Waals surface area contributed by atoms with Gasteiger partial charge in [0, 0.05) is 28.2 Å². The lowest BCUT2D eigenvalue weighted by molar-refractivity contribution is 0.639. The van der Waals surface area contributed by atoms with Gasteiger partial charge < -0.3 is 9.80 Å². The third-order valence-corrected chi connectivity index (χ3v) is 11.5. The molecule has 0 saturated carbocycles. The summed E-state index contributed by atoms with van der Waals surface area (Å²) in [6.45, 7) is 7.08. The highest BCUT2D eigenvalue weighted by atomic mass is 15.2. The number of nitrogens with zero attached hydrogens (tertiary/aromatic N) is 2. The molecule has 10 rings (SSSR count). The van der Waals surface area contributed by atoms with E-state index in [4.69, 9.17) is 0 Å². The van der Waals surface area contributed by atoms with Gasteiger partial charge in [-0.3, -0.25) is 0 Å². The molecule has 2 heteroatoms. The van der Waals surface area contributed by atoms with Crippen LogP contribution in [0, 0.1) is 6.92 Å². The summed E-state index contributed by atoms with van der Waals surface area (Å²) >= 11 is 0. The van der Waals surface area contributed by atoms with Gasteiger partial charge in [0.1, 0.15) is 0 Å². The summed E-state index contributed by atoms with van der Waals surface area (Å²) in [5.74, 6) is 0. The molecule has 0 radical (unpaired) electrons. The molecule has 0 unspecified atom stereocenters. The minimum atomic E-state index is -0.302. The van der Waals surface area contributed by atoms with Crippen molar-refractivity contribution in [1.82, 2.24) is 0 Å². The van der Waals surface area contributed by atoms with Crippen molar-refractivity contribution in [3.63, 3.8) is 0 Å². The van der Waals surface area contributed by atoms with Crippen LogP contribution in [0.1, 0.15) is 30.5 Å². The van der Waals surface area contributed by atoms with E-state index in [-0.39, 0.29) is 5.41 Å². The SMILES string of the molecule is Cc1cc(-c2ccc3c(c2)C(C)(C)c2c(ccc4c5ccccc5c5ccccc5c24)N3c2ccccc2)ccc1N(c1ccccc1)c1ccccc1. The quantitative estimate of drug-likeness (QED) is 0.166. The first kappa shape index (κ1) is 32.0. The van der Waals surface area contributed by atoms with Crippen LogP contribution in [0.15, 0.2) is 188 Å². The smallest absolute Gasteiger partial charge is 0.0509 e. The van der Waals surface area contributed by atoms with Crippen molar-refractivity contribution in [3.8, 4) is 11.1 Å². The van der Waals surface area contributed by atoms with E-state index in [0.29, 0.717) is 0 Å².